The summed E-state index contributed by atoms with van der Waals surface area (Å²) in [6.45, 7) is 8.16. The summed E-state index contributed by atoms with van der Waals surface area (Å²) in [4.78, 5) is 9.15. The van der Waals surface area contributed by atoms with Crippen molar-refractivity contribution >= 4 is 5.69 Å². The summed E-state index contributed by atoms with van der Waals surface area (Å²) >= 11 is 0. The van der Waals surface area contributed by atoms with Gasteiger partial charge in [0.2, 0.25) is 0 Å². The fraction of sp³-hybridized carbons (Fsp3) is 0.500. The van der Waals surface area contributed by atoms with E-state index in [9.17, 15) is 5.11 Å². The van der Waals surface area contributed by atoms with Crippen LogP contribution in [0.15, 0.2) is 42.7 Å². The zero-order chi connectivity index (χ0) is 18.4. The Morgan fingerprint density at radius 3 is 2.31 bits per heavy atom. The van der Waals surface area contributed by atoms with Gasteiger partial charge in [0.1, 0.15) is 5.60 Å². The minimum atomic E-state index is -1.05. The van der Waals surface area contributed by atoms with Crippen LogP contribution in [0.1, 0.15) is 36.5 Å². The summed E-state index contributed by atoms with van der Waals surface area (Å²) < 4.78 is 0. The summed E-state index contributed by atoms with van der Waals surface area (Å²) in [7, 11) is 2.11. The van der Waals surface area contributed by atoms with Crippen molar-refractivity contribution in [1.82, 2.24) is 9.88 Å². The van der Waals surface area contributed by atoms with Crippen molar-refractivity contribution in [1.29, 1.82) is 0 Å². The standard InChI is InChI=1S/C22H29N3O/c1-17-6-8-18(9-7-17)22(26,21(2)15-24(3)16-21)19-12-20(14-23-13-19)25-10-4-5-11-25/h6-9,12-14,26H,4-5,10-11,15-16H2,1-3H3/t22-/m0/s1. The van der Waals surface area contributed by atoms with Crippen LogP contribution in [0.5, 0.6) is 0 Å². The van der Waals surface area contributed by atoms with Crippen LogP contribution in [0.2, 0.25) is 0 Å². The fourth-order valence-corrected chi connectivity index (χ4v) is 4.81. The van der Waals surface area contributed by atoms with E-state index in [1.165, 1.54) is 18.4 Å². The molecule has 26 heavy (non-hydrogen) atoms. The van der Waals surface area contributed by atoms with Gasteiger partial charge >= 0.3 is 0 Å². The molecule has 0 aliphatic carbocycles. The van der Waals surface area contributed by atoms with E-state index in [0.29, 0.717) is 0 Å². The van der Waals surface area contributed by atoms with E-state index in [1.54, 1.807) is 0 Å². The third-order valence-electron chi connectivity index (χ3n) is 6.19. The van der Waals surface area contributed by atoms with Crippen molar-refractivity contribution < 1.29 is 5.11 Å². The molecule has 2 aliphatic rings. The van der Waals surface area contributed by atoms with E-state index in [-0.39, 0.29) is 5.41 Å². The van der Waals surface area contributed by atoms with Gasteiger partial charge in [-0.3, -0.25) is 4.98 Å². The second-order valence-corrected chi connectivity index (χ2v) is 8.44. The summed E-state index contributed by atoms with van der Waals surface area (Å²) in [5.74, 6) is 0. The number of nitrogens with zero attached hydrogens (tertiary/aromatic N) is 3. The van der Waals surface area contributed by atoms with Crippen LogP contribution in [0.4, 0.5) is 5.69 Å². The highest BCUT2D eigenvalue weighted by Gasteiger charge is 2.55. The lowest BCUT2D eigenvalue weighted by atomic mass is 9.62. The number of rotatable bonds is 4. The van der Waals surface area contributed by atoms with E-state index in [1.807, 2.05) is 12.4 Å². The Labute approximate surface area is 156 Å². The van der Waals surface area contributed by atoms with E-state index in [0.717, 1.165) is 43.0 Å². The van der Waals surface area contributed by atoms with Crippen molar-refractivity contribution in [3.63, 3.8) is 0 Å². The molecule has 4 rings (SSSR count). The monoisotopic (exact) mass is 351 g/mol. The molecule has 0 saturated carbocycles. The molecule has 2 aliphatic heterocycles. The second-order valence-electron chi connectivity index (χ2n) is 8.44. The number of anilines is 1. The predicted molar refractivity (Wildman–Crippen MR) is 105 cm³/mol. The highest BCUT2D eigenvalue weighted by Crippen LogP contribution is 2.50. The van der Waals surface area contributed by atoms with Gasteiger partial charge in [0.25, 0.3) is 0 Å². The molecule has 1 N–H and O–H groups in total. The van der Waals surface area contributed by atoms with Gasteiger partial charge in [-0.2, -0.15) is 0 Å². The molecular formula is C22H29N3O. The minimum absolute atomic E-state index is 0.234. The normalized spacial score (nSPS) is 22.1. The van der Waals surface area contributed by atoms with Crippen molar-refractivity contribution in [3.05, 3.63) is 59.4 Å². The number of hydrogen-bond acceptors (Lipinski definition) is 4. The lowest BCUT2D eigenvalue weighted by Gasteiger charge is -2.56. The van der Waals surface area contributed by atoms with E-state index in [4.69, 9.17) is 0 Å². The molecular weight excluding hydrogens is 322 g/mol. The van der Waals surface area contributed by atoms with Gasteiger partial charge in [-0.05, 0) is 38.4 Å². The Morgan fingerprint density at radius 2 is 1.69 bits per heavy atom. The smallest absolute Gasteiger partial charge is 0.124 e. The maximum absolute atomic E-state index is 12.1. The molecule has 1 atom stereocenters. The maximum Gasteiger partial charge on any atom is 0.124 e. The van der Waals surface area contributed by atoms with Crippen molar-refractivity contribution in [2.45, 2.75) is 32.3 Å². The quantitative estimate of drug-likeness (QED) is 0.918. The Kier molecular flexibility index (Phi) is 4.28. The van der Waals surface area contributed by atoms with Gasteiger partial charge < -0.3 is 14.9 Å². The number of pyridine rings is 1. The Balaban J connectivity index is 1.81. The molecule has 4 nitrogen and oxygen atoms in total. The molecule has 2 fully saturated rings. The van der Waals surface area contributed by atoms with Gasteiger partial charge in [0, 0.05) is 43.4 Å². The molecule has 0 spiro atoms. The molecule has 1 aromatic heterocycles. The summed E-state index contributed by atoms with van der Waals surface area (Å²) in [5, 5.41) is 12.1. The van der Waals surface area contributed by atoms with Crippen LogP contribution in [0.25, 0.3) is 0 Å². The highest BCUT2D eigenvalue weighted by molar-refractivity contribution is 5.51. The van der Waals surface area contributed by atoms with Crippen LogP contribution < -0.4 is 4.90 Å². The van der Waals surface area contributed by atoms with E-state index in [2.05, 4.69) is 66.0 Å². The van der Waals surface area contributed by atoms with Crippen molar-refractivity contribution in [2.75, 3.05) is 38.1 Å². The third kappa shape index (κ3) is 2.72. The minimum Gasteiger partial charge on any atom is -0.380 e. The summed E-state index contributed by atoms with van der Waals surface area (Å²) in [6, 6.07) is 10.5. The van der Waals surface area contributed by atoms with Crippen LogP contribution >= 0.6 is 0 Å². The second kappa shape index (κ2) is 6.36. The maximum atomic E-state index is 12.1. The molecule has 0 radical (unpaired) electrons. The van der Waals surface area contributed by atoms with Gasteiger partial charge in [0.15, 0.2) is 0 Å². The molecule has 0 bridgehead atoms. The first-order chi connectivity index (χ1) is 12.4. The number of aryl methyl sites for hydroxylation is 1. The molecule has 0 unspecified atom stereocenters. The first-order valence-electron chi connectivity index (χ1n) is 9.61. The molecule has 138 valence electrons. The van der Waals surface area contributed by atoms with Crippen LogP contribution in [-0.2, 0) is 5.60 Å². The number of aromatic nitrogens is 1. The van der Waals surface area contributed by atoms with Crippen LogP contribution in [-0.4, -0.2) is 48.2 Å². The number of likely N-dealkylation sites (tertiary alicyclic amines) is 1. The predicted octanol–water partition coefficient (Wildman–Crippen LogP) is 3.18. The molecule has 1 aromatic carbocycles. The van der Waals surface area contributed by atoms with Crippen LogP contribution in [0, 0.1) is 12.3 Å². The zero-order valence-electron chi connectivity index (χ0n) is 16.1. The molecule has 2 aromatic rings. The number of hydrogen-bond donors (Lipinski definition) is 1. The first-order valence-corrected chi connectivity index (χ1v) is 9.61. The number of benzene rings is 1. The van der Waals surface area contributed by atoms with Crippen LogP contribution in [0.3, 0.4) is 0 Å². The Morgan fingerprint density at radius 1 is 1.04 bits per heavy atom. The topological polar surface area (TPSA) is 39.6 Å². The van der Waals surface area contributed by atoms with Gasteiger partial charge in [0.05, 0.1) is 11.9 Å². The van der Waals surface area contributed by atoms with Gasteiger partial charge in [-0.1, -0.05) is 36.8 Å². The van der Waals surface area contributed by atoms with E-state index < -0.39 is 5.60 Å². The highest BCUT2D eigenvalue weighted by atomic mass is 16.3. The average molecular weight is 351 g/mol. The third-order valence-corrected chi connectivity index (χ3v) is 6.19. The lowest BCUT2D eigenvalue weighted by Crippen LogP contribution is -2.63. The van der Waals surface area contributed by atoms with Gasteiger partial charge in [-0.25, -0.2) is 0 Å². The summed E-state index contributed by atoms with van der Waals surface area (Å²) in [5.41, 5.74) is 2.91. The Bertz CT molecular complexity index is 776. The van der Waals surface area contributed by atoms with Crippen molar-refractivity contribution in [3.8, 4) is 0 Å². The SMILES string of the molecule is Cc1ccc([C@](O)(c2cncc(N3CCCC3)c2)C2(C)CN(C)C2)cc1. The first kappa shape index (κ1) is 17.5. The lowest BCUT2D eigenvalue weighted by molar-refractivity contribution is -0.127. The zero-order valence-corrected chi connectivity index (χ0v) is 16.1. The molecule has 4 heteroatoms. The summed E-state index contributed by atoms with van der Waals surface area (Å²) in [6.07, 6.45) is 6.24. The van der Waals surface area contributed by atoms with E-state index >= 15 is 0 Å². The Hall–Kier alpha value is -1.91. The largest absolute Gasteiger partial charge is 0.380 e. The van der Waals surface area contributed by atoms with Gasteiger partial charge in [-0.15, -0.1) is 0 Å². The molecule has 2 saturated heterocycles. The fourth-order valence-electron chi connectivity index (χ4n) is 4.81. The average Bonchev–Trinajstić information content (AvgIpc) is 3.15. The van der Waals surface area contributed by atoms with Crippen molar-refractivity contribution in [2.24, 2.45) is 5.41 Å². The molecule has 0 amide bonds. The molecule has 3 heterocycles. The number of aliphatic hydroxyl groups is 1.